The molecule has 8 heteroatoms. The molecule has 1 saturated carbocycles. The molecule has 0 bridgehead atoms. The molecule has 1 aromatic heterocycles. The summed E-state index contributed by atoms with van der Waals surface area (Å²) in [6, 6.07) is 1.07. The third-order valence-corrected chi connectivity index (χ3v) is 6.61. The van der Waals surface area contributed by atoms with E-state index < -0.39 is 28.9 Å². The van der Waals surface area contributed by atoms with E-state index >= 15 is 0 Å². The fourth-order valence-corrected chi connectivity index (χ4v) is 4.93. The van der Waals surface area contributed by atoms with Crippen molar-refractivity contribution in [1.29, 1.82) is 0 Å². The highest BCUT2D eigenvalue weighted by atomic mass is 32.2. The Balaban J connectivity index is 1.65. The van der Waals surface area contributed by atoms with Crippen LogP contribution in [0.4, 0.5) is 10.2 Å². The minimum atomic E-state index is -0.806. The first-order valence-corrected chi connectivity index (χ1v) is 10.5. The van der Waals surface area contributed by atoms with Crippen LogP contribution in [0.5, 0.6) is 0 Å². The van der Waals surface area contributed by atoms with Crippen molar-refractivity contribution >= 4 is 23.5 Å². The molecule has 3 rings (SSSR count). The Bertz CT molecular complexity index is 754. The molecular weight excluding hydrogens is 371 g/mol. The zero-order valence-electron chi connectivity index (χ0n) is 15.9. The first-order chi connectivity index (χ1) is 12.8. The second-order valence-electron chi connectivity index (χ2n) is 7.91. The van der Waals surface area contributed by atoms with Gasteiger partial charge in [0.2, 0.25) is 5.44 Å². The lowest BCUT2D eigenvalue weighted by atomic mass is 9.75. The van der Waals surface area contributed by atoms with E-state index in [0.717, 1.165) is 25.3 Å². The molecule has 0 spiro atoms. The minimum Gasteiger partial charge on any atom is -0.459 e. The van der Waals surface area contributed by atoms with Gasteiger partial charge in [0.15, 0.2) is 5.82 Å². The quantitative estimate of drug-likeness (QED) is 0.756. The number of hydrogen-bond acceptors (Lipinski definition) is 6. The van der Waals surface area contributed by atoms with E-state index in [2.05, 4.69) is 25.8 Å². The average molecular weight is 399 g/mol. The number of rotatable bonds is 4. The topological polar surface area (TPSA) is 94.4 Å². The van der Waals surface area contributed by atoms with E-state index in [9.17, 15) is 14.0 Å². The van der Waals surface area contributed by atoms with Crippen molar-refractivity contribution in [3.05, 3.63) is 27.8 Å². The van der Waals surface area contributed by atoms with Crippen molar-refractivity contribution < 1.29 is 18.7 Å². The van der Waals surface area contributed by atoms with Crippen LogP contribution in [0.1, 0.15) is 51.7 Å². The van der Waals surface area contributed by atoms with E-state index in [1.54, 1.807) is 0 Å². The summed E-state index contributed by atoms with van der Waals surface area (Å²) < 4.78 is 25.2. The van der Waals surface area contributed by atoms with Crippen molar-refractivity contribution in [3.63, 3.8) is 0 Å². The van der Waals surface area contributed by atoms with Gasteiger partial charge in [-0.15, -0.1) is 11.8 Å². The maximum absolute atomic E-state index is 13.7. The van der Waals surface area contributed by atoms with Crippen molar-refractivity contribution in [3.8, 4) is 0 Å². The number of nitrogen functional groups attached to an aromatic ring is 1. The summed E-state index contributed by atoms with van der Waals surface area (Å²) in [4.78, 5) is 26.9. The van der Waals surface area contributed by atoms with Gasteiger partial charge in [-0.05, 0) is 36.7 Å². The fraction of sp³-hybridized carbons (Fsp3) is 0.684. The van der Waals surface area contributed by atoms with Gasteiger partial charge in [-0.3, -0.25) is 4.79 Å². The number of carbonyl (C=O) groups excluding carboxylic acids is 1. The van der Waals surface area contributed by atoms with Crippen LogP contribution in [0.15, 0.2) is 10.9 Å². The van der Waals surface area contributed by atoms with Crippen molar-refractivity contribution in [2.24, 2.45) is 17.8 Å². The van der Waals surface area contributed by atoms with Gasteiger partial charge in [-0.2, -0.15) is 0 Å². The molecule has 3 N–H and O–H groups in total. The van der Waals surface area contributed by atoms with Crippen LogP contribution < -0.4 is 11.3 Å². The number of anilines is 1. The van der Waals surface area contributed by atoms with Gasteiger partial charge < -0.3 is 20.2 Å². The largest absolute Gasteiger partial charge is 0.459 e. The molecule has 2 unspecified atom stereocenters. The summed E-state index contributed by atoms with van der Waals surface area (Å²) in [5, 5.41) is 0. The van der Waals surface area contributed by atoms with Crippen LogP contribution in [0.3, 0.4) is 0 Å². The molecular formula is C19H27FN2O4S. The molecule has 2 aliphatic rings. The summed E-state index contributed by atoms with van der Waals surface area (Å²) in [5.74, 6) is 0.258. The monoisotopic (exact) mass is 398 g/mol. The molecule has 0 amide bonds. The van der Waals surface area contributed by atoms with Crippen LogP contribution in [0.2, 0.25) is 0 Å². The highest BCUT2D eigenvalue weighted by Gasteiger charge is 2.39. The smallest absolute Gasteiger partial charge is 0.346 e. The molecule has 0 aromatic carbocycles. The summed E-state index contributed by atoms with van der Waals surface area (Å²) >= 11 is 1.27. The van der Waals surface area contributed by atoms with Crippen LogP contribution in [-0.4, -0.2) is 28.2 Å². The standard InChI is InChI=1S/C19H27FN2O4S/c1-9(2)11-5-4-10(3)6-14(11)25-18(24)19-26-15(8-27-19)12-7-13(20)16(21)22-17(12)23/h7,9-11,14-15,19H,4-6,8H2,1-3H3,(H3,21,22,23)/t10-,11?,14-,15?,19-/m1/s1. The fourth-order valence-electron chi connectivity index (χ4n) is 3.92. The summed E-state index contributed by atoms with van der Waals surface area (Å²) in [7, 11) is 0. The molecule has 1 aromatic rings. The number of nitrogens with two attached hydrogens (primary N) is 1. The number of hydrogen-bond donors (Lipinski definition) is 2. The van der Waals surface area contributed by atoms with Crippen LogP contribution in [0.25, 0.3) is 0 Å². The second kappa shape index (κ2) is 8.22. The first-order valence-electron chi connectivity index (χ1n) is 9.42. The van der Waals surface area contributed by atoms with Gasteiger partial charge in [0.1, 0.15) is 11.9 Å². The number of thioether (sulfide) groups is 1. The van der Waals surface area contributed by atoms with Gasteiger partial charge in [0.05, 0.1) is 6.10 Å². The number of aromatic nitrogens is 1. The maximum atomic E-state index is 13.7. The number of H-pyrrole nitrogens is 1. The van der Waals surface area contributed by atoms with Gasteiger partial charge in [0, 0.05) is 11.3 Å². The Kier molecular flexibility index (Phi) is 6.15. The summed E-state index contributed by atoms with van der Waals surface area (Å²) in [6.07, 6.45) is 2.29. The van der Waals surface area contributed by atoms with E-state index in [1.165, 1.54) is 11.8 Å². The van der Waals surface area contributed by atoms with E-state index in [1.807, 2.05) is 0 Å². The molecule has 150 valence electrons. The average Bonchev–Trinajstić information content (AvgIpc) is 3.08. The van der Waals surface area contributed by atoms with Gasteiger partial charge in [-0.1, -0.05) is 27.2 Å². The molecule has 5 atom stereocenters. The number of carbonyl (C=O) groups is 1. The maximum Gasteiger partial charge on any atom is 0.346 e. The lowest BCUT2D eigenvalue weighted by molar-refractivity contribution is -0.164. The van der Waals surface area contributed by atoms with Crippen molar-refractivity contribution in [2.45, 2.75) is 57.7 Å². The predicted octanol–water partition coefficient (Wildman–Crippen LogP) is 3.23. The Morgan fingerprint density at radius 3 is 2.89 bits per heavy atom. The lowest BCUT2D eigenvalue weighted by Gasteiger charge is -2.37. The second-order valence-corrected chi connectivity index (χ2v) is 9.00. The van der Waals surface area contributed by atoms with Crippen LogP contribution in [-0.2, 0) is 14.3 Å². The van der Waals surface area contributed by atoms with E-state index in [-0.39, 0.29) is 17.5 Å². The molecule has 27 heavy (non-hydrogen) atoms. The number of halogens is 1. The van der Waals surface area contributed by atoms with Gasteiger partial charge in [-0.25, -0.2) is 9.18 Å². The predicted molar refractivity (Wildman–Crippen MR) is 103 cm³/mol. The van der Waals surface area contributed by atoms with Crippen LogP contribution in [0, 0.1) is 23.6 Å². The van der Waals surface area contributed by atoms with E-state index in [0.29, 0.717) is 23.5 Å². The van der Waals surface area contributed by atoms with Gasteiger partial charge >= 0.3 is 5.97 Å². The zero-order chi connectivity index (χ0) is 19.7. The first kappa shape index (κ1) is 20.2. The molecule has 2 heterocycles. The van der Waals surface area contributed by atoms with Crippen LogP contribution >= 0.6 is 11.8 Å². The molecule has 0 radical (unpaired) electrons. The normalized spacial score (nSPS) is 31.2. The Labute approximate surface area is 162 Å². The lowest BCUT2D eigenvalue weighted by Crippen LogP contribution is -2.38. The van der Waals surface area contributed by atoms with E-state index in [4.69, 9.17) is 15.2 Å². The third kappa shape index (κ3) is 4.48. The molecule has 1 aliphatic heterocycles. The molecule has 6 nitrogen and oxygen atoms in total. The zero-order valence-corrected chi connectivity index (χ0v) is 16.7. The van der Waals surface area contributed by atoms with Crippen molar-refractivity contribution in [1.82, 2.24) is 4.98 Å². The molecule has 2 fully saturated rings. The Morgan fingerprint density at radius 2 is 2.19 bits per heavy atom. The Morgan fingerprint density at radius 1 is 1.44 bits per heavy atom. The highest BCUT2D eigenvalue weighted by Crippen LogP contribution is 2.38. The minimum absolute atomic E-state index is 0.109. The SMILES string of the molecule is CC(C)C1CC[C@@H](C)C[C@H]1OC(=O)[C@@H]1OC(c2cc(F)c(N)[nH]c2=O)CS1. The molecule has 1 aliphatic carbocycles. The number of ether oxygens (including phenoxy) is 2. The highest BCUT2D eigenvalue weighted by molar-refractivity contribution is 8.00. The summed E-state index contributed by atoms with van der Waals surface area (Å²) in [5.41, 5.74) is 4.19. The number of pyridine rings is 1. The number of aromatic amines is 1. The Hall–Kier alpha value is -1.54. The summed E-state index contributed by atoms with van der Waals surface area (Å²) in [6.45, 7) is 6.48. The molecule has 1 saturated heterocycles. The van der Waals surface area contributed by atoms with Crippen molar-refractivity contribution in [2.75, 3.05) is 11.5 Å². The number of nitrogens with one attached hydrogen (secondary N) is 1. The van der Waals surface area contributed by atoms with Gasteiger partial charge in [0.25, 0.3) is 5.56 Å². The number of esters is 1. The third-order valence-electron chi connectivity index (χ3n) is 5.50.